The number of aromatic amines is 1. The standard InChI is InChI=1S/C13H16BrN3/c1-13(2,11-4-3-7-15-11)9-17-12-6-5-10(14)8-16-12/h3-8,15H,9H2,1-2H3,(H,16,17). The predicted molar refractivity (Wildman–Crippen MR) is 74.2 cm³/mol. The molecule has 0 unspecified atom stereocenters. The zero-order chi connectivity index (χ0) is 12.3. The zero-order valence-corrected chi connectivity index (χ0v) is 11.6. The van der Waals surface area contributed by atoms with Crippen molar-refractivity contribution in [2.75, 3.05) is 11.9 Å². The third kappa shape index (κ3) is 3.09. The molecule has 0 aliphatic rings. The molecule has 2 aromatic heterocycles. The molecule has 0 atom stereocenters. The molecular weight excluding hydrogens is 278 g/mol. The van der Waals surface area contributed by atoms with Crippen molar-refractivity contribution in [1.82, 2.24) is 9.97 Å². The molecule has 0 spiro atoms. The van der Waals surface area contributed by atoms with Gasteiger partial charge >= 0.3 is 0 Å². The van der Waals surface area contributed by atoms with Gasteiger partial charge < -0.3 is 10.3 Å². The smallest absolute Gasteiger partial charge is 0.125 e. The molecule has 0 bridgehead atoms. The zero-order valence-electron chi connectivity index (χ0n) is 10.00. The van der Waals surface area contributed by atoms with Crippen molar-refractivity contribution in [2.45, 2.75) is 19.3 Å². The lowest BCUT2D eigenvalue weighted by Crippen LogP contribution is -2.28. The highest BCUT2D eigenvalue weighted by Gasteiger charge is 2.21. The first-order valence-electron chi connectivity index (χ1n) is 5.57. The predicted octanol–water partition coefficient (Wildman–Crippen LogP) is 3.56. The van der Waals surface area contributed by atoms with Gasteiger partial charge in [0.15, 0.2) is 0 Å². The summed E-state index contributed by atoms with van der Waals surface area (Å²) in [6.07, 6.45) is 3.75. The Hall–Kier alpha value is -1.29. The molecule has 0 saturated heterocycles. The van der Waals surface area contributed by atoms with Crippen LogP contribution in [0.15, 0.2) is 41.1 Å². The van der Waals surface area contributed by atoms with E-state index in [0.717, 1.165) is 16.8 Å². The van der Waals surface area contributed by atoms with E-state index in [9.17, 15) is 0 Å². The van der Waals surface area contributed by atoms with Gasteiger partial charge in [-0.05, 0) is 40.2 Å². The van der Waals surface area contributed by atoms with E-state index < -0.39 is 0 Å². The Balaban J connectivity index is 2.00. The van der Waals surface area contributed by atoms with E-state index in [1.54, 1.807) is 6.20 Å². The van der Waals surface area contributed by atoms with E-state index >= 15 is 0 Å². The largest absolute Gasteiger partial charge is 0.369 e. The Kier molecular flexibility index (Phi) is 3.52. The summed E-state index contributed by atoms with van der Waals surface area (Å²) in [6, 6.07) is 8.08. The van der Waals surface area contributed by atoms with Crippen LogP contribution in [-0.4, -0.2) is 16.5 Å². The van der Waals surface area contributed by atoms with Gasteiger partial charge in [0.1, 0.15) is 5.82 Å². The van der Waals surface area contributed by atoms with Crippen LogP contribution < -0.4 is 5.32 Å². The fourth-order valence-corrected chi connectivity index (χ4v) is 1.87. The van der Waals surface area contributed by atoms with Gasteiger partial charge in [-0.1, -0.05) is 13.8 Å². The van der Waals surface area contributed by atoms with E-state index in [1.807, 2.05) is 24.4 Å². The number of pyridine rings is 1. The molecule has 0 amide bonds. The highest BCUT2D eigenvalue weighted by atomic mass is 79.9. The molecule has 0 aliphatic carbocycles. The van der Waals surface area contributed by atoms with Crippen LogP contribution in [0, 0.1) is 0 Å². The maximum atomic E-state index is 4.29. The van der Waals surface area contributed by atoms with E-state index in [4.69, 9.17) is 0 Å². The van der Waals surface area contributed by atoms with Gasteiger partial charge in [-0.3, -0.25) is 0 Å². The Morgan fingerprint density at radius 1 is 1.35 bits per heavy atom. The summed E-state index contributed by atoms with van der Waals surface area (Å²) in [6.45, 7) is 5.23. The first-order chi connectivity index (χ1) is 8.08. The summed E-state index contributed by atoms with van der Waals surface area (Å²) in [4.78, 5) is 7.55. The number of aromatic nitrogens is 2. The van der Waals surface area contributed by atoms with Gasteiger partial charge in [-0.2, -0.15) is 0 Å². The highest BCUT2D eigenvalue weighted by molar-refractivity contribution is 9.10. The molecule has 2 aromatic rings. The molecule has 3 nitrogen and oxygen atoms in total. The summed E-state index contributed by atoms with van der Waals surface area (Å²) in [5, 5.41) is 3.35. The lowest BCUT2D eigenvalue weighted by molar-refractivity contribution is 0.541. The van der Waals surface area contributed by atoms with Crippen LogP contribution in [0.25, 0.3) is 0 Å². The van der Waals surface area contributed by atoms with Crippen LogP contribution in [0.2, 0.25) is 0 Å². The van der Waals surface area contributed by atoms with Crippen LogP contribution in [0.5, 0.6) is 0 Å². The molecule has 0 radical (unpaired) electrons. The molecule has 2 N–H and O–H groups in total. The minimum absolute atomic E-state index is 0.0538. The quantitative estimate of drug-likeness (QED) is 0.905. The van der Waals surface area contributed by atoms with Crippen molar-refractivity contribution in [3.8, 4) is 0 Å². The van der Waals surface area contributed by atoms with E-state index in [-0.39, 0.29) is 5.41 Å². The van der Waals surface area contributed by atoms with Gasteiger partial charge in [-0.25, -0.2) is 4.98 Å². The summed E-state index contributed by atoms with van der Waals surface area (Å²) in [5.74, 6) is 0.896. The molecular formula is C13H16BrN3. The van der Waals surface area contributed by atoms with Gasteiger partial charge in [-0.15, -0.1) is 0 Å². The number of nitrogens with one attached hydrogen (secondary N) is 2. The first-order valence-corrected chi connectivity index (χ1v) is 6.36. The van der Waals surface area contributed by atoms with Crippen molar-refractivity contribution in [1.29, 1.82) is 0 Å². The number of nitrogens with zero attached hydrogens (tertiary/aromatic N) is 1. The van der Waals surface area contributed by atoms with Gasteiger partial charge in [0, 0.05) is 34.5 Å². The van der Waals surface area contributed by atoms with E-state index in [2.05, 4.69) is 51.1 Å². The Bertz CT molecular complexity index is 460. The third-order valence-electron chi connectivity index (χ3n) is 2.77. The average Bonchev–Trinajstić information content (AvgIpc) is 2.82. The van der Waals surface area contributed by atoms with Crippen LogP contribution in [0.3, 0.4) is 0 Å². The Morgan fingerprint density at radius 2 is 2.18 bits per heavy atom. The minimum Gasteiger partial charge on any atom is -0.369 e. The fraction of sp³-hybridized carbons (Fsp3) is 0.308. The number of H-pyrrole nitrogens is 1. The number of hydrogen-bond acceptors (Lipinski definition) is 2. The number of rotatable bonds is 4. The number of halogens is 1. The summed E-state index contributed by atoms with van der Waals surface area (Å²) >= 11 is 3.37. The van der Waals surface area contributed by atoms with Crippen LogP contribution in [0.4, 0.5) is 5.82 Å². The molecule has 90 valence electrons. The van der Waals surface area contributed by atoms with Crippen molar-refractivity contribution >= 4 is 21.7 Å². The summed E-state index contributed by atoms with van der Waals surface area (Å²) in [5.41, 5.74) is 1.28. The second-order valence-electron chi connectivity index (χ2n) is 4.68. The lowest BCUT2D eigenvalue weighted by atomic mass is 9.89. The number of hydrogen-bond donors (Lipinski definition) is 2. The lowest BCUT2D eigenvalue weighted by Gasteiger charge is -2.24. The van der Waals surface area contributed by atoms with Crippen LogP contribution >= 0.6 is 15.9 Å². The maximum Gasteiger partial charge on any atom is 0.125 e. The molecule has 0 saturated carbocycles. The topological polar surface area (TPSA) is 40.7 Å². The fourth-order valence-electron chi connectivity index (χ4n) is 1.64. The third-order valence-corrected chi connectivity index (χ3v) is 3.23. The molecule has 0 aromatic carbocycles. The number of anilines is 1. The molecule has 0 aliphatic heterocycles. The Labute approximate surface area is 110 Å². The first kappa shape index (κ1) is 12.2. The van der Waals surface area contributed by atoms with E-state index in [1.165, 1.54) is 5.69 Å². The van der Waals surface area contributed by atoms with E-state index in [0.29, 0.717) is 0 Å². The minimum atomic E-state index is 0.0538. The van der Waals surface area contributed by atoms with Gasteiger partial charge in [0.25, 0.3) is 0 Å². The monoisotopic (exact) mass is 293 g/mol. The second kappa shape index (κ2) is 4.92. The molecule has 2 rings (SSSR count). The summed E-state index contributed by atoms with van der Waals surface area (Å²) < 4.78 is 0.992. The Morgan fingerprint density at radius 3 is 2.76 bits per heavy atom. The average molecular weight is 294 g/mol. The van der Waals surface area contributed by atoms with Crippen LogP contribution in [0.1, 0.15) is 19.5 Å². The maximum absolute atomic E-state index is 4.29. The highest BCUT2D eigenvalue weighted by Crippen LogP contribution is 2.21. The second-order valence-corrected chi connectivity index (χ2v) is 5.60. The summed E-state index contributed by atoms with van der Waals surface area (Å²) in [7, 11) is 0. The molecule has 0 fully saturated rings. The molecule has 4 heteroatoms. The SMILES string of the molecule is CC(C)(CNc1ccc(Br)cn1)c1ccc[nH]1. The van der Waals surface area contributed by atoms with Crippen LogP contribution in [-0.2, 0) is 5.41 Å². The van der Waals surface area contributed by atoms with Crippen molar-refractivity contribution in [2.24, 2.45) is 0 Å². The van der Waals surface area contributed by atoms with Crippen molar-refractivity contribution in [3.05, 3.63) is 46.8 Å². The van der Waals surface area contributed by atoms with Gasteiger partial charge in [0.05, 0.1) is 0 Å². The van der Waals surface area contributed by atoms with Gasteiger partial charge in [0.2, 0.25) is 0 Å². The normalized spacial score (nSPS) is 11.5. The molecule has 2 heterocycles. The molecule has 17 heavy (non-hydrogen) atoms. The van der Waals surface area contributed by atoms with Crippen molar-refractivity contribution in [3.63, 3.8) is 0 Å². The van der Waals surface area contributed by atoms with Crippen molar-refractivity contribution < 1.29 is 0 Å².